The summed E-state index contributed by atoms with van der Waals surface area (Å²) in [6.07, 6.45) is -0.00443. The zero-order valence-corrected chi connectivity index (χ0v) is 15.5. The van der Waals surface area contributed by atoms with Crippen molar-refractivity contribution in [3.8, 4) is 0 Å². The molecule has 0 saturated carbocycles. The Labute approximate surface area is 158 Å². The zero-order valence-electron chi connectivity index (χ0n) is 15.5. The van der Waals surface area contributed by atoms with E-state index in [1.807, 2.05) is 60.7 Å². The minimum atomic E-state index is -0.588. The molecule has 0 heterocycles. The number of carbonyl (C=O) groups is 3. The third-order valence-electron chi connectivity index (χ3n) is 4.19. The van der Waals surface area contributed by atoms with Gasteiger partial charge in [-0.05, 0) is 11.1 Å². The van der Waals surface area contributed by atoms with Gasteiger partial charge >= 0.3 is 11.9 Å². The lowest BCUT2D eigenvalue weighted by atomic mass is 9.90. The molecule has 0 atom stereocenters. The minimum absolute atomic E-state index is 0.00443. The average Bonchev–Trinajstić information content (AvgIpc) is 2.72. The fourth-order valence-electron chi connectivity index (χ4n) is 2.77. The Morgan fingerprint density at radius 1 is 0.815 bits per heavy atom. The highest BCUT2D eigenvalue weighted by atomic mass is 16.5. The number of benzene rings is 2. The van der Waals surface area contributed by atoms with Crippen LogP contribution in [0.5, 0.6) is 0 Å². The van der Waals surface area contributed by atoms with Crippen molar-refractivity contribution < 1.29 is 23.9 Å². The summed E-state index contributed by atoms with van der Waals surface area (Å²) in [7, 11) is 2.54. The number of nitrogens with zero attached hydrogens (tertiary/aromatic N) is 1. The number of esters is 2. The predicted octanol–water partition coefficient (Wildman–Crippen LogP) is 2.38. The molecule has 0 fully saturated rings. The largest absolute Gasteiger partial charge is 0.469 e. The molecule has 2 aromatic rings. The van der Waals surface area contributed by atoms with E-state index in [1.54, 1.807) is 0 Å². The number of carbonyl (C=O) groups excluding carboxylic acids is 3. The Hall–Kier alpha value is -3.15. The van der Waals surface area contributed by atoms with E-state index in [2.05, 4.69) is 4.74 Å². The first-order valence-electron chi connectivity index (χ1n) is 8.59. The van der Waals surface area contributed by atoms with Crippen molar-refractivity contribution in [2.75, 3.05) is 27.3 Å². The van der Waals surface area contributed by atoms with Crippen LogP contribution < -0.4 is 0 Å². The van der Waals surface area contributed by atoms with E-state index in [0.29, 0.717) is 0 Å². The topological polar surface area (TPSA) is 72.9 Å². The highest BCUT2D eigenvalue weighted by Gasteiger charge is 2.29. The van der Waals surface area contributed by atoms with Crippen molar-refractivity contribution in [1.29, 1.82) is 0 Å². The van der Waals surface area contributed by atoms with Gasteiger partial charge in [0.05, 0.1) is 26.6 Å². The van der Waals surface area contributed by atoms with E-state index >= 15 is 0 Å². The smallest absolute Gasteiger partial charge is 0.325 e. The summed E-state index contributed by atoms with van der Waals surface area (Å²) in [5.74, 6) is -1.86. The summed E-state index contributed by atoms with van der Waals surface area (Å²) in [4.78, 5) is 38.0. The van der Waals surface area contributed by atoms with Gasteiger partial charge in [0, 0.05) is 6.54 Å². The number of amides is 1. The van der Waals surface area contributed by atoms with Crippen LogP contribution in [0.15, 0.2) is 60.7 Å². The lowest BCUT2D eigenvalue weighted by Crippen LogP contribution is -2.41. The molecule has 6 heteroatoms. The summed E-state index contributed by atoms with van der Waals surface area (Å²) in [5, 5.41) is 0. The van der Waals surface area contributed by atoms with Gasteiger partial charge in [0.25, 0.3) is 0 Å². The second-order valence-corrected chi connectivity index (χ2v) is 5.92. The molecular weight excluding hydrogens is 346 g/mol. The molecule has 0 radical (unpaired) electrons. The maximum absolute atomic E-state index is 13.4. The van der Waals surface area contributed by atoms with E-state index < -0.39 is 17.9 Å². The second-order valence-electron chi connectivity index (χ2n) is 5.92. The molecular formula is C21H23NO5. The van der Waals surface area contributed by atoms with Crippen molar-refractivity contribution in [3.63, 3.8) is 0 Å². The SMILES string of the molecule is COC(=O)CCN(CC(=O)OC)C(=O)C(c1ccccc1)c1ccccc1. The maximum atomic E-state index is 13.4. The normalized spacial score (nSPS) is 10.3. The summed E-state index contributed by atoms with van der Waals surface area (Å²) >= 11 is 0. The molecule has 0 N–H and O–H groups in total. The first-order valence-corrected chi connectivity index (χ1v) is 8.59. The van der Waals surface area contributed by atoms with Gasteiger partial charge in [-0.1, -0.05) is 60.7 Å². The third-order valence-corrected chi connectivity index (χ3v) is 4.19. The van der Waals surface area contributed by atoms with E-state index in [-0.39, 0.29) is 25.4 Å². The molecule has 0 aliphatic carbocycles. The fourth-order valence-corrected chi connectivity index (χ4v) is 2.77. The van der Waals surface area contributed by atoms with Crippen molar-refractivity contribution in [3.05, 3.63) is 71.8 Å². The Morgan fingerprint density at radius 3 is 1.74 bits per heavy atom. The monoisotopic (exact) mass is 369 g/mol. The standard InChI is InChI=1S/C21H23NO5/c1-26-18(23)13-14-22(15-19(24)27-2)21(25)20(16-9-5-3-6-10-16)17-11-7-4-8-12-17/h3-12,20H,13-15H2,1-2H3. The van der Waals surface area contributed by atoms with Gasteiger partial charge in [0.15, 0.2) is 0 Å². The van der Waals surface area contributed by atoms with E-state index in [1.165, 1.54) is 19.1 Å². The van der Waals surface area contributed by atoms with Crippen molar-refractivity contribution >= 4 is 17.8 Å². The van der Waals surface area contributed by atoms with Crippen molar-refractivity contribution in [2.45, 2.75) is 12.3 Å². The number of ether oxygens (including phenoxy) is 2. The summed E-state index contributed by atoms with van der Waals surface area (Å²) < 4.78 is 9.35. The van der Waals surface area contributed by atoms with Crippen LogP contribution in [0.1, 0.15) is 23.5 Å². The minimum Gasteiger partial charge on any atom is -0.469 e. The van der Waals surface area contributed by atoms with Gasteiger partial charge in [0.1, 0.15) is 6.54 Å². The lowest BCUT2D eigenvalue weighted by molar-refractivity contribution is -0.149. The zero-order chi connectivity index (χ0) is 19.6. The fraction of sp³-hybridized carbons (Fsp3) is 0.286. The van der Waals surface area contributed by atoms with Crippen LogP contribution in [0.4, 0.5) is 0 Å². The molecule has 0 bridgehead atoms. The molecule has 0 spiro atoms. The molecule has 6 nitrogen and oxygen atoms in total. The molecule has 0 saturated heterocycles. The molecule has 0 aliphatic rings. The van der Waals surface area contributed by atoms with Gasteiger partial charge in [-0.3, -0.25) is 14.4 Å². The molecule has 2 aromatic carbocycles. The van der Waals surface area contributed by atoms with Crippen LogP contribution >= 0.6 is 0 Å². The molecule has 2 rings (SSSR count). The van der Waals surface area contributed by atoms with E-state index in [4.69, 9.17) is 4.74 Å². The maximum Gasteiger partial charge on any atom is 0.325 e. The van der Waals surface area contributed by atoms with Gasteiger partial charge in [-0.2, -0.15) is 0 Å². The Bertz CT molecular complexity index is 721. The van der Waals surface area contributed by atoms with Crippen LogP contribution in [-0.2, 0) is 23.9 Å². The van der Waals surface area contributed by atoms with Crippen LogP contribution in [0.2, 0.25) is 0 Å². The Kier molecular flexibility index (Phi) is 7.55. The Balaban J connectivity index is 2.36. The molecule has 1 amide bonds. The first kappa shape index (κ1) is 20.2. The number of hydrogen-bond donors (Lipinski definition) is 0. The van der Waals surface area contributed by atoms with Gasteiger partial charge in [-0.25, -0.2) is 0 Å². The molecule has 0 unspecified atom stereocenters. The highest BCUT2D eigenvalue weighted by Crippen LogP contribution is 2.27. The van der Waals surface area contributed by atoms with E-state index in [9.17, 15) is 14.4 Å². The Morgan fingerprint density at radius 2 is 1.30 bits per heavy atom. The first-order chi connectivity index (χ1) is 13.1. The highest BCUT2D eigenvalue weighted by molar-refractivity contribution is 5.90. The number of rotatable bonds is 8. The summed E-state index contributed by atoms with van der Waals surface area (Å²) in [6.45, 7) is -0.167. The van der Waals surface area contributed by atoms with Gasteiger partial charge in [-0.15, -0.1) is 0 Å². The number of hydrogen-bond acceptors (Lipinski definition) is 5. The van der Waals surface area contributed by atoms with Crippen LogP contribution in [0.25, 0.3) is 0 Å². The van der Waals surface area contributed by atoms with Crippen LogP contribution in [0.3, 0.4) is 0 Å². The lowest BCUT2D eigenvalue weighted by Gasteiger charge is -2.27. The second kappa shape index (κ2) is 10.1. The molecule has 0 aromatic heterocycles. The van der Waals surface area contributed by atoms with Crippen molar-refractivity contribution in [2.24, 2.45) is 0 Å². The van der Waals surface area contributed by atoms with Crippen LogP contribution in [-0.4, -0.2) is 50.1 Å². The van der Waals surface area contributed by atoms with Crippen molar-refractivity contribution in [1.82, 2.24) is 4.90 Å². The molecule has 0 aliphatic heterocycles. The van der Waals surface area contributed by atoms with Gasteiger partial charge in [0.2, 0.25) is 5.91 Å². The van der Waals surface area contributed by atoms with Gasteiger partial charge < -0.3 is 14.4 Å². The van der Waals surface area contributed by atoms with E-state index in [0.717, 1.165) is 11.1 Å². The molecule has 27 heavy (non-hydrogen) atoms. The number of methoxy groups -OCH3 is 2. The summed E-state index contributed by atoms with van der Waals surface area (Å²) in [5.41, 5.74) is 1.61. The van der Waals surface area contributed by atoms with Crippen LogP contribution in [0, 0.1) is 0 Å². The predicted molar refractivity (Wildman–Crippen MR) is 100.0 cm³/mol. The molecule has 142 valence electrons. The average molecular weight is 369 g/mol. The quantitative estimate of drug-likeness (QED) is 0.668. The third kappa shape index (κ3) is 5.67. The summed E-state index contributed by atoms with van der Waals surface area (Å²) in [6, 6.07) is 18.7.